The molecule has 0 spiro atoms. The van der Waals surface area contributed by atoms with Gasteiger partial charge in [0.15, 0.2) is 0 Å². The Bertz CT molecular complexity index is 3520. The molecule has 2 aliphatic heterocycles. The van der Waals surface area contributed by atoms with Crippen LogP contribution in [0.15, 0.2) is 127 Å². The summed E-state index contributed by atoms with van der Waals surface area (Å²) in [7, 11) is 1.68. The zero-order chi connectivity index (χ0) is 71.9. The van der Waals surface area contributed by atoms with E-state index in [-0.39, 0.29) is 46.9 Å². The van der Waals surface area contributed by atoms with Crippen molar-refractivity contribution in [3.63, 3.8) is 0 Å². The molecule has 18 nitrogen and oxygen atoms in total. The molecule has 6 aromatic rings. The third kappa shape index (κ3) is 24.3. The molecule has 0 N–H and O–H groups in total. The summed E-state index contributed by atoms with van der Waals surface area (Å²) >= 11 is 0. The maximum absolute atomic E-state index is 13.5. The van der Waals surface area contributed by atoms with Crippen LogP contribution in [0.5, 0.6) is 40.2 Å². The van der Waals surface area contributed by atoms with Gasteiger partial charge in [-0.15, -0.1) is 0 Å². The van der Waals surface area contributed by atoms with Gasteiger partial charge in [-0.2, -0.15) is 0 Å². The van der Waals surface area contributed by atoms with Crippen LogP contribution in [0.2, 0.25) is 0 Å². The van der Waals surface area contributed by atoms with Crippen LogP contribution in [0.4, 0.5) is 11.4 Å². The quantitative estimate of drug-likeness (QED) is 0.0115. The first kappa shape index (κ1) is 78.1. The number of hydrogen-bond donors (Lipinski definition) is 0. The first-order valence-electron chi connectivity index (χ1n) is 38.4. The number of rotatable bonds is 47. The van der Waals surface area contributed by atoms with Gasteiger partial charge in [0.05, 0.1) is 97.7 Å². The van der Waals surface area contributed by atoms with E-state index in [2.05, 4.69) is 79.9 Å². The standard InChI is InChI=1S/C85H113NO17/c1-6-84(59-92-60-84)100-49-18-12-10-15-46-95-71-32-36-73(37-33-71)102-82(88)66-24-20-64(21-25-66)57-98-75-40-42-77-68(54-75)55-80(86(44-51-91-53-52-90-5)69-28-30-70(31-29-69)94-45-14-8-9-17-48-97-81(87)63(3)4)79-56-76(41-43-78(77)79)99-58-65-22-26-67(27-23-65)83(89)103-74-38-34-72(35-39-74)96-47-16-11-13-19-50-101-85(7-2)61-93-62-85/h28-43,54-56,64-67H,3,6-27,44-53,57-62H2,1-2,4-5H3. The topological polar surface area (TPSA) is 184 Å². The molecule has 2 heterocycles. The molecule has 2 saturated heterocycles. The Hall–Kier alpha value is -7.45. The van der Waals surface area contributed by atoms with Gasteiger partial charge in [0, 0.05) is 49.2 Å². The lowest BCUT2D eigenvalue weighted by atomic mass is 9.82. The molecular formula is C85H113NO17. The van der Waals surface area contributed by atoms with Gasteiger partial charge in [-0.25, -0.2) is 4.79 Å². The minimum atomic E-state index is -0.348. The molecule has 560 valence electrons. The number of benzene rings is 6. The van der Waals surface area contributed by atoms with E-state index in [1.165, 1.54) is 0 Å². The Morgan fingerprint density at radius 3 is 1.32 bits per heavy atom. The summed E-state index contributed by atoms with van der Waals surface area (Å²) in [6.45, 7) is 19.2. The van der Waals surface area contributed by atoms with E-state index in [0.717, 1.165) is 216 Å². The Labute approximate surface area is 610 Å². The lowest BCUT2D eigenvalue weighted by Gasteiger charge is -2.40. The third-order valence-electron chi connectivity index (χ3n) is 20.7. The minimum Gasteiger partial charge on any atom is -0.494 e. The Morgan fingerprint density at radius 1 is 0.447 bits per heavy atom. The van der Waals surface area contributed by atoms with Crippen molar-refractivity contribution in [3.05, 3.63) is 127 Å². The Balaban J connectivity index is 0.732. The van der Waals surface area contributed by atoms with Gasteiger partial charge in [-0.1, -0.05) is 39.3 Å². The van der Waals surface area contributed by atoms with E-state index in [1.54, 1.807) is 14.0 Å². The molecule has 0 bridgehead atoms. The van der Waals surface area contributed by atoms with Crippen molar-refractivity contribution in [1.82, 2.24) is 0 Å². The predicted molar refractivity (Wildman–Crippen MR) is 401 cm³/mol. The van der Waals surface area contributed by atoms with Crippen molar-refractivity contribution in [3.8, 4) is 40.2 Å². The van der Waals surface area contributed by atoms with Crippen LogP contribution in [0.25, 0.3) is 21.5 Å². The molecule has 6 aromatic carbocycles. The van der Waals surface area contributed by atoms with Crippen LogP contribution < -0.4 is 38.1 Å². The van der Waals surface area contributed by atoms with E-state index in [0.29, 0.717) is 115 Å². The molecule has 0 atom stereocenters. The van der Waals surface area contributed by atoms with Gasteiger partial charge in [0.2, 0.25) is 0 Å². The summed E-state index contributed by atoms with van der Waals surface area (Å²) in [5.74, 6) is 4.40. The van der Waals surface area contributed by atoms with Crippen LogP contribution in [0.3, 0.4) is 0 Å². The summed E-state index contributed by atoms with van der Waals surface area (Å²) < 4.78 is 83.1. The highest BCUT2D eigenvalue weighted by Gasteiger charge is 2.39. The molecule has 0 unspecified atom stereocenters. The van der Waals surface area contributed by atoms with E-state index in [9.17, 15) is 14.4 Å². The van der Waals surface area contributed by atoms with Crippen molar-refractivity contribution in [2.24, 2.45) is 23.7 Å². The monoisotopic (exact) mass is 1420 g/mol. The zero-order valence-corrected chi connectivity index (χ0v) is 61.7. The van der Waals surface area contributed by atoms with Gasteiger partial charge in [-0.05, 0) is 273 Å². The van der Waals surface area contributed by atoms with Crippen LogP contribution in [0.1, 0.15) is 162 Å². The first-order valence-corrected chi connectivity index (χ1v) is 38.4. The molecule has 2 saturated carbocycles. The summed E-state index contributed by atoms with van der Waals surface area (Å²) in [4.78, 5) is 41.0. The normalized spacial score (nSPS) is 18.3. The highest BCUT2D eigenvalue weighted by atomic mass is 16.6. The number of nitrogens with zero attached hydrogens (tertiary/aromatic N) is 1. The number of ether oxygens (including phenoxy) is 14. The van der Waals surface area contributed by atoms with Gasteiger partial charge >= 0.3 is 17.9 Å². The summed E-state index contributed by atoms with van der Waals surface area (Å²) in [6, 6.07) is 38.0. The number of esters is 3. The van der Waals surface area contributed by atoms with Gasteiger partial charge in [-0.3, -0.25) is 9.59 Å². The summed E-state index contributed by atoms with van der Waals surface area (Å²) in [5.41, 5.74) is 2.24. The summed E-state index contributed by atoms with van der Waals surface area (Å²) in [5, 5.41) is 4.20. The molecule has 4 fully saturated rings. The zero-order valence-electron chi connectivity index (χ0n) is 61.7. The Morgan fingerprint density at radius 2 is 0.874 bits per heavy atom. The average Bonchev–Trinajstić information content (AvgIpc) is 0.752. The largest absolute Gasteiger partial charge is 0.494 e. The molecule has 10 rings (SSSR count). The second kappa shape index (κ2) is 41.3. The smallest absolute Gasteiger partial charge is 0.333 e. The number of methoxy groups -OCH3 is 1. The van der Waals surface area contributed by atoms with Gasteiger partial charge < -0.3 is 71.2 Å². The SMILES string of the molecule is C=C(C)C(=O)OCCCCCCOc1ccc(N(CCOCCOC)c2cc3cc(OCC4CCC(C(=O)Oc5ccc(OCCCCCCOC6(CC)COC6)cc5)CC4)ccc3c3ccc(OCC4CCC(C(=O)Oc5ccc(OCCCCCCOC6(CC)COC6)cc5)CC4)cc23)cc1. The average molecular weight is 1420 g/mol. The maximum atomic E-state index is 13.5. The second-order valence-electron chi connectivity index (χ2n) is 28.5. The van der Waals surface area contributed by atoms with Gasteiger partial charge in [0.25, 0.3) is 0 Å². The molecule has 4 aliphatic rings. The fourth-order valence-corrected chi connectivity index (χ4v) is 13.7. The van der Waals surface area contributed by atoms with Crippen molar-refractivity contribution in [2.45, 2.75) is 173 Å². The lowest BCUT2D eigenvalue weighted by molar-refractivity contribution is -0.211. The molecule has 18 heteroatoms. The van der Waals surface area contributed by atoms with E-state index < -0.39 is 0 Å². The highest BCUT2D eigenvalue weighted by Crippen LogP contribution is 2.42. The number of fused-ring (bicyclic) bond motifs is 3. The summed E-state index contributed by atoms with van der Waals surface area (Å²) in [6.07, 6.45) is 20.3. The number of anilines is 2. The molecule has 0 aromatic heterocycles. The highest BCUT2D eigenvalue weighted by molar-refractivity contribution is 6.14. The second-order valence-corrected chi connectivity index (χ2v) is 28.5. The molecule has 103 heavy (non-hydrogen) atoms. The van der Waals surface area contributed by atoms with Crippen molar-refractivity contribution < 1.29 is 80.7 Å². The number of carbonyl (C=O) groups is 3. The van der Waals surface area contributed by atoms with Crippen LogP contribution in [0, 0.1) is 23.7 Å². The Kier molecular flexibility index (Phi) is 31.3. The maximum Gasteiger partial charge on any atom is 0.333 e. The molecule has 0 radical (unpaired) electrons. The number of hydrogen-bond acceptors (Lipinski definition) is 18. The minimum absolute atomic E-state index is 0.0569. The molecular weight excluding hydrogens is 1310 g/mol. The molecule has 0 amide bonds. The third-order valence-corrected chi connectivity index (χ3v) is 20.7. The first-order chi connectivity index (χ1) is 50.4. The lowest BCUT2D eigenvalue weighted by Crippen LogP contribution is -2.51. The van der Waals surface area contributed by atoms with Crippen molar-refractivity contribution in [1.29, 1.82) is 0 Å². The van der Waals surface area contributed by atoms with E-state index in [4.69, 9.17) is 66.3 Å². The number of carbonyl (C=O) groups excluding carboxylic acids is 3. The van der Waals surface area contributed by atoms with E-state index >= 15 is 0 Å². The molecule has 2 aliphatic carbocycles. The van der Waals surface area contributed by atoms with Crippen molar-refractivity contribution in [2.75, 3.05) is 118 Å². The fraction of sp³-hybridized carbons (Fsp3) is 0.565. The fourth-order valence-electron chi connectivity index (χ4n) is 13.7. The van der Waals surface area contributed by atoms with Crippen LogP contribution in [-0.4, -0.2) is 142 Å². The van der Waals surface area contributed by atoms with Crippen LogP contribution >= 0.6 is 0 Å². The van der Waals surface area contributed by atoms with E-state index in [1.807, 2.05) is 60.7 Å². The number of unbranched alkanes of at least 4 members (excludes halogenated alkanes) is 9. The predicted octanol–water partition coefficient (Wildman–Crippen LogP) is 17.7. The van der Waals surface area contributed by atoms with Crippen LogP contribution in [-0.2, 0) is 47.5 Å². The van der Waals surface area contributed by atoms with Gasteiger partial charge in [0.1, 0.15) is 51.4 Å². The van der Waals surface area contributed by atoms with Crippen molar-refractivity contribution >= 4 is 50.8 Å².